The second-order valence-electron chi connectivity index (χ2n) is 10.3. The molecule has 2 aromatic carbocycles. The van der Waals surface area contributed by atoms with Crippen LogP contribution in [0.2, 0.25) is 0 Å². The van der Waals surface area contributed by atoms with Crippen LogP contribution in [0.25, 0.3) is 11.0 Å². The third-order valence-electron chi connectivity index (χ3n) is 7.22. The Morgan fingerprint density at radius 2 is 1.93 bits per heavy atom. The van der Waals surface area contributed by atoms with Crippen LogP contribution in [0.1, 0.15) is 24.3 Å². The average molecular weight is 624 g/mol. The molecule has 3 heterocycles. The van der Waals surface area contributed by atoms with Crippen LogP contribution in [0, 0.1) is 12.3 Å². The first-order chi connectivity index (χ1) is 21.1. The van der Waals surface area contributed by atoms with Crippen molar-refractivity contribution in [3.8, 4) is 18.1 Å². The molecule has 0 radical (unpaired) electrons. The highest BCUT2D eigenvalue weighted by Gasteiger charge is 2.56. The Bertz CT molecular complexity index is 1710. The zero-order chi connectivity index (χ0) is 31.5. The summed E-state index contributed by atoms with van der Waals surface area (Å²) in [5.41, 5.74) is 4.88. The van der Waals surface area contributed by atoms with Gasteiger partial charge >= 0.3 is 13.7 Å². The van der Waals surface area contributed by atoms with Crippen LogP contribution in [0.3, 0.4) is 0 Å². The fourth-order valence-corrected chi connectivity index (χ4v) is 6.49. The van der Waals surface area contributed by atoms with E-state index in [4.69, 9.17) is 30.7 Å². The number of esters is 1. The third-order valence-corrected chi connectivity index (χ3v) is 8.79. The quantitative estimate of drug-likeness (QED) is 0.127. The van der Waals surface area contributed by atoms with E-state index in [2.05, 4.69) is 21.0 Å². The Labute approximate surface area is 252 Å². The van der Waals surface area contributed by atoms with Crippen molar-refractivity contribution in [3.63, 3.8) is 0 Å². The molecule has 0 aliphatic carbocycles. The molecule has 4 N–H and O–H groups in total. The Hall–Kier alpha value is -4.31. The minimum Gasteiger partial charge on any atom is -0.468 e. The largest absolute Gasteiger partial charge is 0.468 e. The van der Waals surface area contributed by atoms with Crippen molar-refractivity contribution in [2.45, 2.75) is 43.5 Å². The summed E-state index contributed by atoms with van der Waals surface area (Å²) in [7, 11) is -3.19. The maximum Gasteiger partial charge on any atom is 0.459 e. The summed E-state index contributed by atoms with van der Waals surface area (Å²) in [4.78, 5) is 20.9. The van der Waals surface area contributed by atoms with Gasteiger partial charge in [0.25, 0.3) is 0 Å². The Balaban J connectivity index is 1.41. The van der Waals surface area contributed by atoms with E-state index in [-0.39, 0.29) is 23.6 Å². The Morgan fingerprint density at radius 3 is 2.59 bits per heavy atom. The number of rotatable bonds is 11. The number of para-hydroxylation sites is 1. The summed E-state index contributed by atoms with van der Waals surface area (Å²) in [6.07, 6.45) is 3.86. The summed E-state index contributed by atoms with van der Waals surface area (Å²) in [6, 6.07) is 16.0. The number of aliphatic hydroxyl groups excluding tert-OH is 1. The topological polar surface area (TPSA) is 160 Å². The van der Waals surface area contributed by atoms with E-state index in [1.54, 1.807) is 54.6 Å². The van der Waals surface area contributed by atoms with Gasteiger partial charge in [0.15, 0.2) is 11.9 Å². The van der Waals surface area contributed by atoms with E-state index in [0.717, 1.165) is 12.5 Å². The molecule has 14 heteroatoms. The molecule has 5 rings (SSSR count). The second kappa shape index (κ2) is 12.7. The van der Waals surface area contributed by atoms with Crippen LogP contribution in [-0.2, 0) is 29.8 Å². The van der Waals surface area contributed by atoms with Gasteiger partial charge in [-0.25, -0.2) is 18.9 Å². The van der Waals surface area contributed by atoms with Crippen LogP contribution in [0.5, 0.6) is 5.75 Å². The summed E-state index contributed by atoms with van der Waals surface area (Å²) in [5.74, 6) is 2.03. The van der Waals surface area contributed by atoms with E-state index in [0.29, 0.717) is 10.9 Å². The van der Waals surface area contributed by atoms with Crippen LogP contribution >= 0.6 is 7.75 Å². The number of ether oxygens (including phenoxy) is 2. The number of hydrogen-bond donors (Lipinski definition) is 3. The van der Waals surface area contributed by atoms with Crippen molar-refractivity contribution >= 4 is 30.6 Å². The van der Waals surface area contributed by atoms with Gasteiger partial charge in [0.1, 0.15) is 41.8 Å². The average Bonchev–Trinajstić information content (AvgIpc) is 3.50. The maximum absolute atomic E-state index is 16.2. The molecule has 1 aliphatic rings. The smallest absolute Gasteiger partial charge is 0.459 e. The second-order valence-corrected chi connectivity index (χ2v) is 12.0. The number of nitrogens with zero attached hydrogens (tertiary/aromatic N) is 3. The molecule has 1 fully saturated rings. The van der Waals surface area contributed by atoms with Gasteiger partial charge in [-0.2, -0.15) is 5.09 Å². The highest BCUT2D eigenvalue weighted by Crippen LogP contribution is 2.48. The number of fused-ring (bicyclic) bond motifs is 1. The summed E-state index contributed by atoms with van der Waals surface area (Å²) in [5, 5.41) is 14.0. The lowest BCUT2D eigenvalue weighted by Crippen LogP contribution is -2.42. The van der Waals surface area contributed by atoms with Crippen molar-refractivity contribution in [2.75, 3.05) is 19.5 Å². The molecule has 230 valence electrons. The third kappa shape index (κ3) is 6.31. The fourth-order valence-electron chi connectivity index (χ4n) is 4.99. The zero-order valence-corrected chi connectivity index (χ0v) is 24.8. The molecule has 0 bridgehead atoms. The lowest BCUT2D eigenvalue weighted by Gasteiger charge is -2.26. The number of carbonyl (C=O) groups is 1. The van der Waals surface area contributed by atoms with E-state index in [1.165, 1.54) is 24.2 Å². The number of halogens is 1. The van der Waals surface area contributed by atoms with Gasteiger partial charge in [-0.15, -0.1) is 6.42 Å². The lowest BCUT2D eigenvalue weighted by atomic mass is 9.98. The lowest BCUT2D eigenvalue weighted by molar-refractivity contribution is -0.142. The van der Waals surface area contributed by atoms with Crippen molar-refractivity contribution in [3.05, 3.63) is 84.3 Å². The van der Waals surface area contributed by atoms with Crippen LogP contribution in [0.4, 0.5) is 10.2 Å². The molecule has 2 aromatic heterocycles. The molecule has 6 atom stereocenters. The number of nitrogen functional groups attached to an aromatic ring is 1. The number of aliphatic hydroxyl groups is 1. The molecule has 1 saturated heterocycles. The molecule has 4 aromatic rings. The summed E-state index contributed by atoms with van der Waals surface area (Å²) >= 11 is 0. The van der Waals surface area contributed by atoms with E-state index >= 15 is 4.39 Å². The molecule has 44 heavy (non-hydrogen) atoms. The number of carbonyl (C=O) groups excluding carboxylic acids is 1. The van der Waals surface area contributed by atoms with Gasteiger partial charge in [-0.3, -0.25) is 9.32 Å². The number of nitrogens with two attached hydrogens (primary N) is 1. The molecular weight excluding hydrogens is 592 g/mol. The normalized spacial score (nSPS) is 23.5. The van der Waals surface area contributed by atoms with Gasteiger partial charge in [0.05, 0.1) is 24.7 Å². The number of nitrogens with one attached hydrogen (secondary N) is 1. The Kier molecular flexibility index (Phi) is 9.01. The minimum absolute atomic E-state index is 0.0927. The van der Waals surface area contributed by atoms with Crippen molar-refractivity contribution < 1.29 is 37.4 Å². The van der Waals surface area contributed by atoms with Gasteiger partial charge in [0.2, 0.25) is 0 Å². The zero-order valence-electron chi connectivity index (χ0n) is 23.9. The van der Waals surface area contributed by atoms with E-state index in [9.17, 15) is 14.5 Å². The number of terminal acetylenes is 1. The first-order valence-corrected chi connectivity index (χ1v) is 15.1. The fraction of sp³-hybridized carbons (Fsp3) is 0.300. The first-order valence-electron chi connectivity index (χ1n) is 13.5. The van der Waals surface area contributed by atoms with Gasteiger partial charge in [-0.1, -0.05) is 54.5 Å². The monoisotopic (exact) mass is 623 g/mol. The van der Waals surface area contributed by atoms with Gasteiger partial charge in [0, 0.05) is 6.20 Å². The number of methoxy groups -OCH3 is 1. The summed E-state index contributed by atoms with van der Waals surface area (Å²) < 4.78 is 54.0. The minimum atomic E-state index is -4.40. The van der Waals surface area contributed by atoms with Crippen molar-refractivity contribution in [1.82, 2.24) is 19.6 Å². The summed E-state index contributed by atoms with van der Waals surface area (Å²) in [6.45, 7) is 0.561. The molecule has 0 spiro atoms. The predicted molar refractivity (Wildman–Crippen MR) is 159 cm³/mol. The molecule has 0 saturated carbocycles. The predicted octanol–water partition coefficient (Wildman–Crippen LogP) is 3.56. The van der Waals surface area contributed by atoms with Crippen molar-refractivity contribution in [2.24, 2.45) is 0 Å². The molecule has 12 nitrogen and oxygen atoms in total. The van der Waals surface area contributed by atoms with Gasteiger partial charge in [-0.05, 0) is 31.0 Å². The van der Waals surface area contributed by atoms with Crippen LogP contribution in [0.15, 0.2) is 73.2 Å². The first kappa shape index (κ1) is 31.1. The van der Waals surface area contributed by atoms with Crippen molar-refractivity contribution in [1.29, 1.82) is 0 Å². The SMILES string of the molecule is C#Cc1cn([C@@H]2O[C@H](COP(=O)(NC(Cc3ccccc3)C(=O)OC)Oc3ccccc3)[C@@H](O)[C@@]2(C)F)c2ncnc(N)c12. The van der Waals surface area contributed by atoms with Gasteiger partial charge < -0.3 is 29.4 Å². The van der Waals surface area contributed by atoms with E-state index in [1.807, 2.05) is 6.07 Å². The molecule has 2 unspecified atom stereocenters. The van der Waals surface area contributed by atoms with Crippen LogP contribution in [-0.4, -0.2) is 63.2 Å². The number of aromatic nitrogens is 3. The number of benzene rings is 2. The Morgan fingerprint density at radius 1 is 1.25 bits per heavy atom. The molecule has 0 amide bonds. The maximum atomic E-state index is 16.2. The van der Waals surface area contributed by atoms with Crippen LogP contribution < -0.4 is 15.3 Å². The highest BCUT2D eigenvalue weighted by atomic mass is 31.2. The standard InChI is InChI=1S/C30H31FN5O7P/c1-4-20-16-36(27-24(20)26(32)33-18-34-27)29-30(2,31)25(37)23(42-29)17-41-44(39,43-21-13-9-6-10-14-21)35-22(28(38)40-3)15-19-11-7-5-8-12-19/h1,5-14,16,18,22-23,25,29,37H,15,17H2,2-3H3,(H,35,39)(H2,32,33,34)/t22?,23-,25-,29-,30-,44?/m1/s1. The van der Waals surface area contributed by atoms with E-state index < -0.39 is 50.5 Å². The molecule has 1 aliphatic heterocycles. The number of alkyl halides is 1. The number of hydrogen-bond acceptors (Lipinski definition) is 10. The molecular formula is C30H31FN5O7P. The number of anilines is 1. The highest BCUT2D eigenvalue weighted by molar-refractivity contribution is 7.52.